The minimum Gasteiger partial charge on any atom is -0.349 e. The zero-order valence-electron chi connectivity index (χ0n) is 9.55. The van der Waals surface area contributed by atoms with E-state index in [-0.39, 0.29) is 5.54 Å². The SMILES string of the molecule is [2H]C([2H])([2H])N1[C]N(C(C)(C)C)C=C1. The van der Waals surface area contributed by atoms with E-state index in [0.717, 1.165) is 4.90 Å². The van der Waals surface area contributed by atoms with Gasteiger partial charge in [0.25, 0.3) is 0 Å². The van der Waals surface area contributed by atoms with Crippen LogP contribution in [0.25, 0.3) is 0 Å². The van der Waals surface area contributed by atoms with Gasteiger partial charge in [-0.1, -0.05) is 0 Å². The van der Waals surface area contributed by atoms with Gasteiger partial charge in [0, 0.05) is 29.0 Å². The van der Waals surface area contributed by atoms with Gasteiger partial charge in [-0.3, -0.25) is 0 Å². The Morgan fingerprint density at radius 2 is 2.10 bits per heavy atom. The van der Waals surface area contributed by atoms with E-state index in [1.807, 2.05) is 20.8 Å². The molecule has 1 rings (SSSR count). The average molecular weight is 141 g/mol. The zero-order chi connectivity index (χ0) is 10.3. The van der Waals surface area contributed by atoms with Crippen LogP contribution in [0.4, 0.5) is 0 Å². The van der Waals surface area contributed by atoms with Crippen LogP contribution in [0.2, 0.25) is 0 Å². The fourth-order valence-electron chi connectivity index (χ4n) is 0.690. The van der Waals surface area contributed by atoms with E-state index in [1.165, 1.54) is 6.20 Å². The van der Waals surface area contributed by atoms with E-state index in [0.29, 0.717) is 0 Å². The molecule has 10 heavy (non-hydrogen) atoms. The van der Waals surface area contributed by atoms with Gasteiger partial charge in [0.15, 0.2) is 0 Å². The maximum absolute atomic E-state index is 7.14. The van der Waals surface area contributed by atoms with E-state index < -0.39 is 6.98 Å². The lowest BCUT2D eigenvalue weighted by molar-refractivity contribution is 0.227. The van der Waals surface area contributed by atoms with Crippen molar-refractivity contribution in [3.05, 3.63) is 19.1 Å². The lowest BCUT2D eigenvalue weighted by atomic mass is 10.1. The molecule has 56 valence electrons. The first-order chi connectivity index (χ1) is 5.71. The van der Waals surface area contributed by atoms with Crippen LogP contribution in [-0.2, 0) is 0 Å². The highest BCUT2D eigenvalue weighted by Crippen LogP contribution is 2.20. The van der Waals surface area contributed by atoms with Crippen LogP contribution >= 0.6 is 0 Å². The molecule has 0 N–H and O–H groups in total. The monoisotopic (exact) mass is 141 g/mol. The molecule has 0 aliphatic carbocycles. The van der Waals surface area contributed by atoms with Gasteiger partial charge >= 0.3 is 0 Å². The van der Waals surface area contributed by atoms with Gasteiger partial charge in [0.05, 0.1) is 0 Å². The lowest BCUT2D eigenvalue weighted by Gasteiger charge is -2.30. The van der Waals surface area contributed by atoms with Crippen molar-refractivity contribution in [3.63, 3.8) is 0 Å². The Morgan fingerprint density at radius 3 is 2.40 bits per heavy atom. The summed E-state index contributed by atoms with van der Waals surface area (Å²) < 4.78 is 21.4. The standard InChI is InChI=1S/C8H14N2/c1-8(2,3)10-6-5-9(4)7-10/h5-6H,1-4H3/i4D3. The van der Waals surface area contributed by atoms with Gasteiger partial charge < -0.3 is 9.80 Å². The van der Waals surface area contributed by atoms with Crippen LogP contribution < -0.4 is 0 Å². The number of rotatable bonds is 0. The smallest absolute Gasteiger partial charge is 0.208 e. The van der Waals surface area contributed by atoms with Crippen LogP contribution in [0, 0.1) is 6.67 Å². The highest BCUT2D eigenvalue weighted by Gasteiger charge is 2.22. The van der Waals surface area contributed by atoms with E-state index >= 15 is 0 Å². The van der Waals surface area contributed by atoms with Gasteiger partial charge in [-0.25, -0.2) is 0 Å². The minimum absolute atomic E-state index is 0.128. The summed E-state index contributed by atoms with van der Waals surface area (Å²) in [5.74, 6) is 0. The van der Waals surface area contributed by atoms with Crippen LogP contribution in [0.15, 0.2) is 12.4 Å². The summed E-state index contributed by atoms with van der Waals surface area (Å²) in [6, 6.07) is 0. The quantitative estimate of drug-likeness (QED) is 0.504. The van der Waals surface area contributed by atoms with Crippen LogP contribution in [-0.4, -0.2) is 22.3 Å². The van der Waals surface area contributed by atoms with Crippen molar-refractivity contribution in [2.24, 2.45) is 0 Å². The molecule has 2 heteroatoms. The molecule has 2 nitrogen and oxygen atoms in total. The molecule has 0 atom stereocenters. The molecule has 0 fully saturated rings. The highest BCUT2D eigenvalue weighted by molar-refractivity contribution is 5.00. The summed E-state index contributed by atoms with van der Waals surface area (Å²) in [7, 11) is 0. The zero-order valence-corrected chi connectivity index (χ0v) is 6.55. The molecular formula is C8H14N2. The molecule has 1 aliphatic heterocycles. The molecule has 0 unspecified atom stereocenters. The number of hydrogen-bond donors (Lipinski definition) is 0. The molecule has 0 aromatic heterocycles. The molecule has 0 spiro atoms. The number of nitrogens with zero attached hydrogens (tertiary/aromatic N) is 2. The Hall–Kier alpha value is -0.660. The van der Waals surface area contributed by atoms with Crippen LogP contribution in [0.3, 0.4) is 0 Å². The Balaban J connectivity index is 2.63. The van der Waals surface area contributed by atoms with E-state index in [9.17, 15) is 0 Å². The first-order valence-corrected chi connectivity index (χ1v) is 3.24. The summed E-state index contributed by atoms with van der Waals surface area (Å²) in [6.07, 6.45) is 3.23. The van der Waals surface area contributed by atoms with E-state index in [4.69, 9.17) is 4.11 Å². The topological polar surface area (TPSA) is 6.48 Å². The average Bonchev–Trinajstić information content (AvgIpc) is 2.28. The molecule has 0 aromatic rings. The Bertz CT molecular complexity index is 192. The first kappa shape index (κ1) is 4.27. The van der Waals surface area contributed by atoms with Crippen LogP contribution in [0.1, 0.15) is 24.9 Å². The van der Waals surface area contributed by atoms with Crippen molar-refractivity contribution in [1.82, 2.24) is 9.80 Å². The molecule has 0 saturated carbocycles. The Labute approximate surface area is 67.3 Å². The van der Waals surface area contributed by atoms with E-state index in [2.05, 4.69) is 6.67 Å². The predicted octanol–water partition coefficient (Wildman–Crippen LogP) is 1.50. The lowest BCUT2D eigenvalue weighted by Crippen LogP contribution is -2.35. The van der Waals surface area contributed by atoms with Gasteiger partial charge in [-0.2, -0.15) is 0 Å². The van der Waals surface area contributed by atoms with Gasteiger partial charge in [0.2, 0.25) is 6.67 Å². The first-order valence-electron chi connectivity index (χ1n) is 4.74. The molecule has 2 radical (unpaired) electrons. The van der Waals surface area contributed by atoms with Crippen molar-refractivity contribution >= 4 is 0 Å². The van der Waals surface area contributed by atoms with Crippen LogP contribution in [0.5, 0.6) is 0 Å². The third-order valence-corrected chi connectivity index (χ3v) is 1.30. The molecule has 1 heterocycles. The summed E-state index contributed by atoms with van der Waals surface area (Å²) in [5, 5.41) is 0. The van der Waals surface area contributed by atoms with E-state index in [1.54, 1.807) is 11.1 Å². The summed E-state index contributed by atoms with van der Waals surface area (Å²) in [6.45, 7) is 6.62. The maximum atomic E-state index is 7.14. The summed E-state index contributed by atoms with van der Waals surface area (Å²) in [5.41, 5.74) is -0.128. The van der Waals surface area contributed by atoms with Crippen molar-refractivity contribution in [1.29, 1.82) is 0 Å². The van der Waals surface area contributed by atoms with Crippen molar-refractivity contribution in [3.8, 4) is 0 Å². The van der Waals surface area contributed by atoms with Gasteiger partial charge in [-0.05, 0) is 20.8 Å². The highest BCUT2D eigenvalue weighted by atomic mass is 15.4. The van der Waals surface area contributed by atoms with Crippen molar-refractivity contribution in [2.45, 2.75) is 26.3 Å². The number of hydrogen-bond acceptors (Lipinski definition) is 2. The molecule has 0 amide bonds. The Morgan fingerprint density at radius 1 is 1.40 bits per heavy atom. The fraction of sp³-hybridized carbons (Fsp3) is 0.625. The second kappa shape index (κ2) is 2.19. The summed E-state index contributed by atoms with van der Waals surface area (Å²) in [4.78, 5) is 2.86. The molecular weight excluding hydrogens is 124 g/mol. The molecule has 0 aromatic carbocycles. The maximum Gasteiger partial charge on any atom is 0.208 e. The Kier molecular flexibility index (Phi) is 0.932. The third-order valence-electron chi connectivity index (χ3n) is 1.30. The van der Waals surface area contributed by atoms with Gasteiger partial charge in [0.1, 0.15) is 0 Å². The second-order valence-corrected chi connectivity index (χ2v) is 3.31. The largest absolute Gasteiger partial charge is 0.349 e. The van der Waals surface area contributed by atoms with Gasteiger partial charge in [-0.15, -0.1) is 0 Å². The third kappa shape index (κ3) is 1.43. The predicted molar refractivity (Wildman–Crippen MR) is 41.7 cm³/mol. The molecule has 1 aliphatic rings. The summed E-state index contributed by atoms with van der Waals surface area (Å²) >= 11 is 0. The molecule has 0 saturated heterocycles. The molecule has 0 bridgehead atoms. The normalized spacial score (nSPS) is 24.5. The van der Waals surface area contributed by atoms with Crippen molar-refractivity contribution in [2.75, 3.05) is 6.98 Å². The fourth-order valence-corrected chi connectivity index (χ4v) is 0.690. The van der Waals surface area contributed by atoms with Crippen molar-refractivity contribution < 1.29 is 4.11 Å². The minimum atomic E-state index is -2.13. The second-order valence-electron chi connectivity index (χ2n) is 3.31.